The Morgan fingerprint density at radius 1 is 1.00 bits per heavy atom. The van der Waals surface area contributed by atoms with Crippen molar-refractivity contribution in [1.29, 1.82) is 0 Å². The lowest BCUT2D eigenvalue weighted by atomic mass is 10.1. The molecule has 15 heteroatoms. The Hall–Kier alpha value is -4.47. The number of ether oxygens (including phenoxy) is 3. The van der Waals surface area contributed by atoms with Crippen LogP contribution in [0.4, 0.5) is 23.7 Å². The normalized spacial score (nSPS) is 13.0. The number of thiazole rings is 1. The van der Waals surface area contributed by atoms with Gasteiger partial charge in [0.05, 0.1) is 35.2 Å². The minimum absolute atomic E-state index is 0.0253. The predicted octanol–water partition coefficient (Wildman–Crippen LogP) is 7.23. The molecule has 0 spiro atoms. The summed E-state index contributed by atoms with van der Waals surface area (Å²) in [5.74, 6) is 0.304. The van der Waals surface area contributed by atoms with Gasteiger partial charge in [0.25, 0.3) is 0 Å². The highest BCUT2D eigenvalue weighted by molar-refractivity contribution is 7.89. The summed E-state index contributed by atoms with van der Waals surface area (Å²) in [4.78, 5) is 17.2. The highest BCUT2D eigenvalue weighted by atomic mass is 32.2. The summed E-state index contributed by atoms with van der Waals surface area (Å²) in [6.45, 7) is 6.86. The monoisotopic (exact) mass is 690 g/mol. The van der Waals surface area contributed by atoms with E-state index in [4.69, 9.17) is 14.2 Å². The molecule has 0 saturated heterocycles. The van der Waals surface area contributed by atoms with E-state index in [9.17, 15) is 26.4 Å². The molecule has 0 saturated carbocycles. The van der Waals surface area contributed by atoms with Crippen LogP contribution in [-0.4, -0.2) is 56.6 Å². The second-order valence-electron chi connectivity index (χ2n) is 11.4. The van der Waals surface area contributed by atoms with E-state index >= 15 is 0 Å². The molecule has 0 N–H and O–H groups in total. The van der Waals surface area contributed by atoms with E-state index in [2.05, 4.69) is 10.1 Å². The van der Waals surface area contributed by atoms with Crippen LogP contribution in [0.25, 0.3) is 11.3 Å². The number of carbonyl (C=O) groups is 1. The molecule has 0 aliphatic heterocycles. The molecular weight excluding hydrogens is 658 g/mol. The Morgan fingerprint density at radius 3 is 2.36 bits per heavy atom. The minimum atomic E-state index is -4.57. The quantitative estimate of drug-likeness (QED) is 0.110. The van der Waals surface area contributed by atoms with Gasteiger partial charge in [-0.05, 0) is 81.3 Å². The van der Waals surface area contributed by atoms with Crippen molar-refractivity contribution in [3.05, 3.63) is 87.5 Å². The molecule has 10 nitrogen and oxygen atoms in total. The van der Waals surface area contributed by atoms with Crippen LogP contribution in [0.5, 0.6) is 11.5 Å². The van der Waals surface area contributed by atoms with Crippen LogP contribution in [0, 0.1) is 6.92 Å². The van der Waals surface area contributed by atoms with Gasteiger partial charge in [0, 0.05) is 25.0 Å². The number of aromatic nitrogens is 1. The van der Waals surface area contributed by atoms with Gasteiger partial charge in [0.1, 0.15) is 5.60 Å². The summed E-state index contributed by atoms with van der Waals surface area (Å²) < 4.78 is 84.7. The van der Waals surface area contributed by atoms with E-state index in [0.717, 1.165) is 27.8 Å². The number of aryl methyl sites for hydroxylation is 1. The van der Waals surface area contributed by atoms with Crippen molar-refractivity contribution in [2.24, 2.45) is 10.1 Å². The SMILES string of the molecule is COc1cc(/C=N\n2c(-c3cccc(C(F)(F)F)c3)csc2=Nc2cc(S(=O)(=O)N(C)C)ccc2C)ccc1OC(=O)OC(C)(C)C. The van der Waals surface area contributed by atoms with Crippen LogP contribution in [-0.2, 0) is 20.9 Å². The van der Waals surface area contributed by atoms with Gasteiger partial charge in [0.2, 0.25) is 14.8 Å². The maximum absolute atomic E-state index is 13.6. The average molecular weight is 691 g/mol. The summed E-state index contributed by atoms with van der Waals surface area (Å²) in [5.41, 5.74) is 0.426. The molecule has 3 aromatic carbocycles. The zero-order valence-electron chi connectivity index (χ0n) is 26.6. The van der Waals surface area contributed by atoms with Crippen LogP contribution in [0.15, 0.2) is 81.0 Å². The highest BCUT2D eigenvalue weighted by Crippen LogP contribution is 2.33. The van der Waals surface area contributed by atoms with Gasteiger partial charge in [-0.2, -0.15) is 18.3 Å². The van der Waals surface area contributed by atoms with Gasteiger partial charge >= 0.3 is 12.3 Å². The van der Waals surface area contributed by atoms with E-state index in [-0.39, 0.29) is 26.8 Å². The smallest absolute Gasteiger partial charge is 0.493 e. The van der Waals surface area contributed by atoms with E-state index < -0.39 is 33.5 Å². The number of carbonyl (C=O) groups excluding carboxylic acids is 1. The lowest BCUT2D eigenvalue weighted by Gasteiger charge is -2.19. The molecule has 4 aromatic rings. The third-order valence-electron chi connectivity index (χ3n) is 6.44. The first-order valence-corrected chi connectivity index (χ1v) is 16.3. The molecule has 0 radical (unpaired) electrons. The fraction of sp³-hybridized carbons (Fsp3) is 0.281. The number of sulfonamides is 1. The van der Waals surface area contributed by atoms with Crippen molar-refractivity contribution in [2.45, 2.75) is 44.4 Å². The predicted molar refractivity (Wildman–Crippen MR) is 173 cm³/mol. The Balaban J connectivity index is 1.84. The molecule has 0 fully saturated rings. The molecule has 1 heterocycles. The molecule has 0 aliphatic carbocycles. The Morgan fingerprint density at radius 2 is 1.72 bits per heavy atom. The number of methoxy groups -OCH3 is 1. The minimum Gasteiger partial charge on any atom is -0.493 e. The summed E-state index contributed by atoms with van der Waals surface area (Å²) in [7, 11) is 0.459. The van der Waals surface area contributed by atoms with Crippen molar-refractivity contribution in [3.8, 4) is 22.8 Å². The second-order valence-corrected chi connectivity index (χ2v) is 14.4. The van der Waals surface area contributed by atoms with Gasteiger partial charge < -0.3 is 14.2 Å². The standard InChI is InChI=1S/C32H33F3N4O6S2/c1-20-11-13-24(47(41,42)38(5)6)17-25(20)37-29-39(26(19-46-29)22-9-8-10-23(16-22)32(33,34)35)36-18-21-12-14-27(28(15-21)43-7)44-30(40)45-31(2,3)4/h8-19H,1-7H3/b36-18-,37-29?. The molecule has 0 bridgehead atoms. The van der Waals surface area contributed by atoms with Crippen LogP contribution in [0.1, 0.15) is 37.5 Å². The molecule has 0 unspecified atom stereocenters. The molecule has 0 aliphatic rings. The fourth-order valence-corrected chi connectivity index (χ4v) is 5.83. The molecule has 47 heavy (non-hydrogen) atoms. The highest BCUT2D eigenvalue weighted by Gasteiger charge is 2.31. The Kier molecular flexibility index (Phi) is 10.3. The maximum Gasteiger partial charge on any atom is 0.514 e. The fourth-order valence-electron chi connectivity index (χ4n) is 4.06. The van der Waals surface area contributed by atoms with Crippen LogP contribution >= 0.6 is 11.3 Å². The average Bonchev–Trinajstić information content (AvgIpc) is 3.38. The molecule has 250 valence electrons. The summed E-state index contributed by atoms with van der Waals surface area (Å²) >= 11 is 1.11. The molecule has 1 aromatic heterocycles. The lowest BCUT2D eigenvalue weighted by molar-refractivity contribution is -0.137. The largest absolute Gasteiger partial charge is 0.514 e. The molecular formula is C32H33F3N4O6S2. The topological polar surface area (TPSA) is 112 Å². The summed E-state index contributed by atoms with van der Waals surface area (Å²) in [5, 5.41) is 6.17. The first-order chi connectivity index (χ1) is 21.9. The van der Waals surface area contributed by atoms with E-state index in [1.807, 2.05) is 0 Å². The molecule has 4 rings (SSSR count). The number of hydrogen-bond donors (Lipinski definition) is 0. The van der Waals surface area contributed by atoms with Crippen molar-refractivity contribution >= 4 is 39.4 Å². The number of halogens is 3. The Bertz CT molecular complexity index is 1990. The van der Waals surface area contributed by atoms with E-state index in [0.29, 0.717) is 22.5 Å². The van der Waals surface area contributed by atoms with Crippen LogP contribution < -0.4 is 14.3 Å². The number of nitrogens with zero attached hydrogens (tertiary/aromatic N) is 4. The zero-order chi connectivity index (χ0) is 34.7. The van der Waals surface area contributed by atoms with Gasteiger partial charge in [-0.1, -0.05) is 18.2 Å². The second kappa shape index (κ2) is 13.7. The van der Waals surface area contributed by atoms with Gasteiger partial charge in [-0.15, -0.1) is 11.3 Å². The van der Waals surface area contributed by atoms with Crippen LogP contribution in [0.3, 0.4) is 0 Å². The number of hydrogen-bond acceptors (Lipinski definition) is 9. The number of rotatable bonds is 8. The third-order valence-corrected chi connectivity index (χ3v) is 9.07. The zero-order valence-corrected chi connectivity index (χ0v) is 28.2. The summed E-state index contributed by atoms with van der Waals surface area (Å²) in [6.07, 6.45) is -4.05. The van der Waals surface area contributed by atoms with Gasteiger partial charge in [-0.25, -0.2) is 27.2 Å². The van der Waals surface area contributed by atoms with Gasteiger partial charge in [-0.3, -0.25) is 0 Å². The first-order valence-electron chi connectivity index (χ1n) is 14.0. The Labute approximate surface area is 274 Å². The first kappa shape index (κ1) is 35.4. The lowest BCUT2D eigenvalue weighted by Crippen LogP contribution is -2.26. The van der Waals surface area contributed by atoms with Crippen molar-refractivity contribution < 1.29 is 40.6 Å². The van der Waals surface area contributed by atoms with E-state index in [1.54, 1.807) is 51.3 Å². The summed E-state index contributed by atoms with van der Waals surface area (Å²) in [6, 6.07) is 14.0. The number of alkyl halides is 3. The third kappa shape index (κ3) is 8.67. The van der Waals surface area contributed by atoms with Crippen molar-refractivity contribution in [1.82, 2.24) is 8.98 Å². The maximum atomic E-state index is 13.6. The van der Waals surface area contributed by atoms with Crippen molar-refractivity contribution in [3.63, 3.8) is 0 Å². The van der Waals surface area contributed by atoms with Crippen molar-refractivity contribution in [2.75, 3.05) is 21.2 Å². The van der Waals surface area contributed by atoms with E-state index in [1.165, 1.54) is 62.4 Å². The van der Waals surface area contributed by atoms with Crippen LogP contribution in [0.2, 0.25) is 0 Å². The number of benzene rings is 3. The van der Waals surface area contributed by atoms with Gasteiger partial charge in [0.15, 0.2) is 11.5 Å². The molecule has 0 atom stereocenters. The molecule has 0 amide bonds.